The summed E-state index contributed by atoms with van der Waals surface area (Å²) in [6, 6.07) is 8.67. The smallest absolute Gasteiger partial charge is 0.223 e. The van der Waals surface area contributed by atoms with Crippen molar-refractivity contribution in [2.75, 3.05) is 26.2 Å². The molecule has 1 saturated heterocycles. The molecule has 132 valence electrons. The molecular formula is C19H24N4O2. The number of rotatable bonds is 5. The Morgan fingerprint density at radius 1 is 1.32 bits per heavy atom. The second-order valence-electron chi connectivity index (χ2n) is 6.81. The predicted molar refractivity (Wildman–Crippen MR) is 95.3 cm³/mol. The van der Waals surface area contributed by atoms with Crippen LogP contribution in [-0.4, -0.2) is 47.3 Å². The first-order valence-corrected chi connectivity index (χ1v) is 8.92. The van der Waals surface area contributed by atoms with Crippen molar-refractivity contribution >= 4 is 6.08 Å². The summed E-state index contributed by atoms with van der Waals surface area (Å²) >= 11 is 0. The molecule has 0 unspecified atom stereocenters. The summed E-state index contributed by atoms with van der Waals surface area (Å²) in [5.74, 6) is 2.38. The van der Waals surface area contributed by atoms with E-state index in [0.29, 0.717) is 18.5 Å². The van der Waals surface area contributed by atoms with Crippen molar-refractivity contribution < 1.29 is 9.26 Å². The minimum Gasteiger partial charge on any atom is -0.489 e. The average molecular weight is 340 g/mol. The van der Waals surface area contributed by atoms with Crippen LogP contribution in [0, 0.1) is 6.92 Å². The highest BCUT2D eigenvalue weighted by molar-refractivity contribution is 5.62. The van der Waals surface area contributed by atoms with Crippen molar-refractivity contribution in [1.82, 2.24) is 20.4 Å². The zero-order chi connectivity index (χ0) is 17.1. The van der Waals surface area contributed by atoms with Crippen LogP contribution in [0.1, 0.15) is 30.1 Å². The van der Waals surface area contributed by atoms with Gasteiger partial charge in [0.2, 0.25) is 5.89 Å². The van der Waals surface area contributed by atoms with Crippen molar-refractivity contribution in [3.8, 4) is 5.75 Å². The fourth-order valence-electron chi connectivity index (χ4n) is 3.51. The Morgan fingerprint density at radius 2 is 2.24 bits per heavy atom. The zero-order valence-electron chi connectivity index (χ0n) is 14.6. The SMILES string of the molecule is Cc1nc(CN2CCC[C@H](NCC3=Cc4ccccc4OC3)C2)no1. The fourth-order valence-corrected chi connectivity index (χ4v) is 3.51. The molecule has 0 amide bonds. The Labute approximate surface area is 147 Å². The van der Waals surface area contributed by atoms with Crippen molar-refractivity contribution in [3.63, 3.8) is 0 Å². The van der Waals surface area contributed by atoms with E-state index in [2.05, 4.69) is 32.5 Å². The van der Waals surface area contributed by atoms with Gasteiger partial charge in [0.25, 0.3) is 0 Å². The molecular weight excluding hydrogens is 316 g/mol. The summed E-state index contributed by atoms with van der Waals surface area (Å²) in [4.78, 5) is 6.70. The summed E-state index contributed by atoms with van der Waals surface area (Å²) in [6.45, 7) is 6.23. The molecule has 3 heterocycles. The Balaban J connectivity index is 1.30. The lowest BCUT2D eigenvalue weighted by Gasteiger charge is -2.33. The molecule has 0 saturated carbocycles. The van der Waals surface area contributed by atoms with Gasteiger partial charge in [-0.2, -0.15) is 4.98 Å². The van der Waals surface area contributed by atoms with Gasteiger partial charge in [0.05, 0.1) is 6.54 Å². The maximum absolute atomic E-state index is 5.83. The Kier molecular flexibility index (Phi) is 4.81. The molecule has 2 aromatic rings. The maximum Gasteiger partial charge on any atom is 0.223 e. The molecule has 4 rings (SSSR count). The van der Waals surface area contributed by atoms with Crippen LogP contribution >= 0.6 is 0 Å². The lowest BCUT2D eigenvalue weighted by Crippen LogP contribution is -2.46. The number of hydrogen-bond donors (Lipinski definition) is 1. The van der Waals surface area contributed by atoms with Crippen LogP contribution in [-0.2, 0) is 6.54 Å². The summed E-state index contributed by atoms with van der Waals surface area (Å²) in [6.07, 6.45) is 4.63. The van der Waals surface area contributed by atoms with E-state index < -0.39 is 0 Å². The summed E-state index contributed by atoms with van der Waals surface area (Å²) in [5, 5.41) is 7.69. The minimum atomic E-state index is 0.486. The molecule has 1 aromatic carbocycles. The molecule has 1 aromatic heterocycles. The molecule has 0 radical (unpaired) electrons. The number of fused-ring (bicyclic) bond motifs is 1. The summed E-state index contributed by atoms with van der Waals surface area (Å²) in [5.41, 5.74) is 2.47. The first kappa shape index (κ1) is 16.3. The standard InChI is InChI=1S/C19H24N4O2/c1-14-21-19(22-25-14)12-23-8-4-6-17(11-23)20-10-15-9-16-5-2-3-7-18(16)24-13-15/h2-3,5,7,9,17,20H,4,6,8,10-13H2,1H3/t17-/m0/s1. The Bertz CT molecular complexity index is 755. The molecule has 25 heavy (non-hydrogen) atoms. The summed E-state index contributed by atoms with van der Waals surface area (Å²) < 4.78 is 10.9. The van der Waals surface area contributed by atoms with Crippen molar-refractivity contribution in [3.05, 3.63) is 47.1 Å². The van der Waals surface area contributed by atoms with E-state index in [-0.39, 0.29) is 0 Å². The van der Waals surface area contributed by atoms with E-state index in [4.69, 9.17) is 9.26 Å². The van der Waals surface area contributed by atoms with E-state index in [1.165, 1.54) is 24.0 Å². The second-order valence-corrected chi connectivity index (χ2v) is 6.81. The molecule has 6 nitrogen and oxygen atoms in total. The topological polar surface area (TPSA) is 63.4 Å². The largest absolute Gasteiger partial charge is 0.489 e. The number of nitrogens with zero attached hydrogens (tertiary/aromatic N) is 3. The lowest BCUT2D eigenvalue weighted by atomic mass is 10.0. The maximum atomic E-state index is 5.83. The van der Waals surface area contributed by atoms with E-state index in [1.54, 1.807) is 0 Å². The monoisotopic (exact) mass is 340 g/mol. The normalized spacial score (nSPS) is 20.7. The summed E-state index contributed by atoms with van der Waals surface area (Å²) in [7, 11) is 0. The Hall–Kier alpha value is -2.18. The third-order valence-electron chi connectivity index (χ3n) is 4.75. The Morgan fingerprint density at radius 3 is 3.12 bits per heavy atom. The molecule has 0 bridgehead atoms. The van der Waals surface area contributed by atoms with Gasteiger partial charge < -0.3 is 14.6 Å². The third-order valence-corrected chi connectivity index (χ3v) is 4.75. The number of aryl methyl sites for hydroxylation is 1. The predicted octanol–water partition coefficient (Wildman–Crippen LogP) is 2.41. The van der Waals surface area contributed by atoms with Crippen LogP contribution in [0.5, 0.6) is 5.75 Å². The van der Waals surface area contributed by atoms with Crippen LogP contribution in [0.25, 0.3) is 6.08 Å². The quantitative estimate of drug-likeness (QED) is 0.902. The van der Waals surface area contributed by atoms with Crippen molar-refractivity contribution in [1.29, 1.82) is 0 Å². The molecule has 0 spiro atoms. The second kappa shape index (κ2) is 7.37. The van der Waals surface area contributed by atoms with Crippen molar-refractivity contribution in [2.45, 2.75) is 32.4 Å². The first-order valence-electron chi connectivity index (χ1n) is 8.92. The number of hydrogen-bond acceptors (Lipinski definition) is 6. The van der Waals surface area contributed by atoms with Gasteiger partial charge in [-0.15, -0.1) is 0 Å². The number of likely N-dealkylation sites (tertiary alicyclic amines) is 1. The van der Waals surface area contributed by atoms with Crippen LogP contribution in [0.15, 0.2) is 34.4 Å². The van der Waals surface area contributed by atoms with Gasteiger partial charge >= 0.3 is 0 Å². The van der Waals surface area contributed by atoms with E-state index in [9.17, 15) is 0 Å². The number of benzene rings is 1. The molecule has 0 aliphatic carbocycles. The highest BCUT2D eigenvalue weighted by Crippen LogP contribution is 2.25. The van der Waals surface area contributed by atoms with Gasteiger partial charge in [-0.1, -0.05) is 23.4 Å². The molecule has 6 heteroatoms. The van der Waals surface area contributed by atoms with Gasteiger partial charge in [0.1, 0.15) is 12.4 Å². The van der Waals surface area contributed by atoms with E-state index >= 15 is 0 Å². The van der Waals surface area contributed by atoms with E-state index in [0.717, 1.165) is 37.8 Å². The molecule has 2 aliphatic rings. The average Bonchev–Trinajstić information content (AvgIpc) is 3.05. The number of para-hydroxylation sites is 1. The third kappa shape index (κ3) is 4.08. The van der Waals surface area contributed by atoms with Crippen molar-refractivity contribution in [2.24, 2.45) is 0 Å². The zero-order valence-corrected chi connectivity index (χ0v) is 14.6. The lowest BCUT2D eigenvalue weighted by molar-refractivity contribution is 0.179. The van der Waals surface area contributed by atoms with Crippen LogP contribution in [0.3, 0.4) is 0 Å². The van der Waals surface area contributed by atoms with Gasteiger partial charge in [-0.3, -0.25) is 4.90 Å². The minimum absolute atomic E-state index is 0.486. The van der Waals surface area contributed by atoms with Gasteiger partial charge in [0.15, 0.2) is 5.82 Å². The highest BCUT2D eigenvalue weighted by atomic mass is 16.5. The van der Waals surface area contributed by atoms with Gasteiger partial charge in [0, 0.05) is 31.6 Å². The number of nitrogens with one attached hydrogen (secondary N) is 1. The molecule has 1 fully saturated rings. The van der Waals surface area contributed by atoms with Crippen LogP contribution in [0.4, 0.5) is 0 Å². The molecule has 2 aliphatic heterocycles. The van der Waals surface area contributed by atoms with E-state index in [1.807, 2.05) is 25.1 Å². The number of piperidine rings is 1. The molecule has 1 N–H and O–H groups in total. The molecule has 1 atom stereocenters. The van der Waals surface area contributed by atoms with Gasteiger partial charge in [-0.25, -0.2) is 0 Å². The highest BCUT2D eigenvalue weighted by Gasteiger charge is 2.21. The van der Waals surface area contributed by atoms with Gasteiger partial charge in [-0.05, 0) is 37.1 Å². The number of ether oxygens (including phenoxy) is 1. The number of aromatic nitrogens is 2. The first-order chi connectivity index (χ1) is 12.3. The van der Waals surface area contributed by atoms with Crippen LogP contribution < -0.4 is 10.1 Å². The van der Waals surface area contributed by atoms with Crippen LogP contribution in [0.2, 0.25) is 0 Å². The fraction of sp³-hybridized carbons (Fsp3) is 0.474.